The number of rotatable bonds is 4. The molecule has 160 valence electrons. The highest BCUT2D eigenvalue weighted by molar-refractivity contribution is 6.03. The van der Waals surface area contributed by atoms with E-state index in [0.29, 0.717) is 28.6 Å². The van der Waals surface area contributed by atoms with Gasteiger partial charge in [0.25, 0.3) is 5.91 Å². The van der Waals surface area contributed by atoms with Gasteiger partial charge >= 0.3 is 12.4 Å². The van der Waals surface area contributed by atoms with Crippen LogP contribution in [0, 0.1) is 11.3 Å². The van der Waals surface area contributed by atoms with Gasteiger partial charge in [-0.25, -0.2) is 0 Å². The molecule has 0 fully saturated rings. The van der Waals surface area contributed by atoms with Crippen LogP contribution in [0.2, 0.25) is 0 Å². The van der Waals surface area contributed by atoms with Crippen molar-refractivity contribution in [1.82, 2.24) is 4.57 Å². The van der Waals surface area contributed by atoms with Gasteiger partial charge in [-0.05, 0) is 35.9 Å². The Balaban J connectivity index is 2.15. The molecule has 1 heterocycles. The Hall–Kier alpha value is -3.74. The average Bonchev–Trinajstić information content (AvgIpc) is 3.01. The SMILES string of the molecule is N#C/C(=C\c1cn(Cc2cc(C(F)(F)F)cc(C(F)(F)F)c2)c2ccccc12)C(N)=O. The molecule has 3 rings (SSSR count). The zero-order valence-electron chi connectivity index (χ0n) is 15.6. The fraction of sp³-hybridized carbons (Fsp3) is 0.143. The smallest absolute Gasteiger partial charge is 0.365 e. The quantitative estimate of drug-likeness (QED) is 0.350. The number of hydrogen-bond donors (Lipinski definition) is 1. The molecule has 0 radical (unpaired) electrons. The summed E-state index contributed by atoms with van der Waals surface area (Å²) in [5.74, 6) is -0.966. The summed E-state index contributed by atoms with van der Waals surface area (Å²) < 4.78 is 80.2. The number of amides is 1. The molecule has 0 aliphatic carbocycles. The molecule has 0 atom stereocenters. The molecule has 2 aromatic carbocycles. The van der Waals surface area contributed by atoms with E-state index >= 15 is 0 Å². The van der Waals surface area contributed by atoms with Crippen LogP contribution in [0.25, 0.3) is 17.0 Å². The number of halogens is 6. The van der Waals surface area contributed by atoms with Crippen LogP contribution in [-0.4, -0.2) is 10.5 Å². The highest BCUT2D eigenvalue weighted by atomic mass is 19.4. The van der Waals surface area contributed by atoms with E-state index in [4.69, 9.17) is 11.0 Å². The number of alkyl halides is 6. The summed E-state index contributed by atoms with van der Waals surface area (Å²) in [6, 6.07) is 9.58. The number of para-hydroxylation sites is 1. The number of carbonyl (C=O) groups excluding carboxylic acids is 1. The van der Waals surface area contributed by atoms with Gasteiger partial charge in [-0.15, -0.1) is 0 Å². The minimum absolute atomic E-state index is 0.0670. The number of hydrogen-bond acceptors (Lipinski definition) is 2. The van der Waals surface area contributed by atoms with Crippen molar-refractivity contribution in [2.45, 2.75) is 18.9 Å². The van der Waals surface area contributed by atoms with Crippen molar-refractivity contribution in [1.29, 1.82) is 5.26 Å². The molecule has 2 N–H and O–H groups in total. The Bertz CT molecular complexity index is 1200. The Morgan fingerprint density at radius 2 is 1.61 bits per heavy atom. The van der Waals surface area contributed by atoms with Crippen LogP contribution in [-0.2, 0) is 23.7 Å². The summed E-state index contributed by atoms with van der Waals surface area (Å²) in [7, 11) is 0. The third-order valence-electron chi connectivity index (χ3n) is 4.51. The first kappa shape index (κ1) is 22.0. The first-order valence-corrected chi connectivity index (χ1v) is 8.68. The number of aromatic nitrogens is 1. The summed E-state index contributed by atoms with van der Waals surface area (Å²) >= 11 is 0. The van der Waals surface area contributed by atoms with E-state index < -0.39 is 29.4 Å². The van der Waals surface area contributed by atoms with Crippen LogP contribution in [0.4, 0.5) is 26.3 Å². The second-order valence-corrected chi connectivity index (χ2v) is 6.68. The lowest BCUT2D eigenvalue weighted by atomic mass is 10.0. The second kappa shape index (κ2) is 7.83. The zero-order valence-corrected chi connectivity index (χ0v) is 15.6. The van der Waals surface area contributed by atoms with Crippen molar-refractivity contribution in [2.75, 3.05) is 0 Å². The number of primary amides is 1. The molecule has 0 spiro atoms. The van der Waals surface area contributed by atoms with Gasteiger partial charge in [0.05, 0.1) is 11.1 Å². The van der Waals surface area contributed by atoms with Crippen LogP contribution in [0.3, 0.4) is 0 Å². The minimum Gasteiger partial charge on any atom is -0.365 e. The first-order valence-electron chi connectivity index (χ1n) is 8.68. The van der Waals surface area contributed by atoms with Crippen LogP contribution >= 0.6 is 0 Å². The molecule has 0 saturated heterocycles. The van der Waals surface area contributed by atoms with Crippen LogP contribution < -0.4 is 5.73 Å². The standard InChI is InChI=1S/C21H13F6N3O/c22-20(23,24)15-5-12(6-16(8-15)21(25,26)27)10-30-11-14(7-13(9-28)19(29)31)17-3-1-2-4-18(17)30/h1-8,11H,10H2,(H2,29,31)/b13-7+. The molecule has 31 heavy (non-hydrogen) atoms. The Morgan fingerprint density at radius 1 is 1.03 bits per heavy atom. The van der Waals surface area contributed by atoms with Crippen molar-refractivity contribution in [2.24, 2.45) is 5.73 Å². The first-order chi connectivity index (χ1) is 14.4. The number of nitrogens with two attached hydrogens (primary N) is 1. The predicted molar refractivity (Wildman–Crippen MR) is 100 cm³/mol. The van der Waals surface area contributed by atoms with Gasteiger partial charge in [0, 0.05) is 29.2 Å². The molecule has 1 amide bonds. The maximum Gasteiger partial charge on any atom is 0.416 e. The summed E-state index contributed by atoms with van der Waals surface area (Å²) in [6.45, 7) is -0.306. The van der Waals surface area contributed by atoms with Gasteiger partial charge in [0.15, 0.2) is 0 Å². The molecule has 10 heteroatoms. The van der Waals surface area contributed by atoms with Crippen molar-refractivity contribution in [3.05, 3.63) is 76.5 Å². The largest absolute Gasteiger partial charge is 0.416 e. The number of nitriles is 1. The highest BCUT2D eigenvalue weighted by Crippen LogP contribution is 2.37. The minimum atomic E-state index is -4.95. The molecule has 4 nitrogen and oxygen atoms in total. The lowest BCUT2D eigenvalue weighted by Crippen LogP contribution is -2.12. The predicted octanol–water partition coefficient (Wildman–Crippen LogP) is 5.12. The van der Waals surface area contributed by atoms with E-state index in [9.17, 15) is 31.1 Å². The molecule has 1 aromatic heterocycles. The van der Waals surface area contributed by atoms with Crippen molar-refractivity contribution in [3.8, 4) is 6.07 Å². The van der Waals surface area contributed by atoms with E-state index in [0.717, 1.165) is 0 Å². The molecule has 0 aliphatic heterocycles. The second-order valence-electron chi connectivity index (χ2n) is 6.68. The van der Waals surface area contributed by atoms with Crippen LogP contribution in [0.15, 0.2) is 54.2 Å². The fourth-order valence-corrected chi connectivity index (χ4v) is 3.14. The number of benzene rings is 2. The van der Waals surface area contributed by atoms with Gasteiger partial charge in [-0.1, -0.05) is 18.2 Å². The fourth-order valence-electron chi connectivity index (χ4n) is 3.14. The molecular formula is C21H13F6N3O. The molecule has 0 bridgehead atoms. The van der Waals surface area contributed by atoms with Crippen LogP contribution in [0.1, 0.15) is 22.3 Å². The highest BCUT2D eigenvalue weighted by Gasteiger charge is 2.36. The van der Waals surface area contributed by atoms with Crippen molar-refractivity contribution in [3.63, 3.8) is 0 Å². The Kier molecular flexibility index (Phi) is 5.55. The molecule has 3 aromatic rings. The van der Waals surface area contributed by atoms with E-state index in [1.165, 1.54) is 16.8 Å². The summed E-state index contributed by atoms with van der Waals surface area (Å²) in [6.07, 6.45) is -7.26. The molecule has 0 saturated carbocycles. The van der Waals surface area contributed by atoms with Crippen molar-refractivity contribution >= 4 is 22.9 Å². The van der Waals surface area contributed by atoms with Gasteiger partial charge in [0.2, 0.25) is 0 Å². The van der Waals surface area contributed by atoms with Crippen LogP contribution in [0.5, 0.6) is 0 Å². The zero-order chi connectivity index (χ0) is 23.0. The number of carbonyl (C=O) groups is 1. The van der Waals surface area contributed by atoms with E-state index in [-0.39, 0.29) is 23.7 Å². The maximum absolute atomic E-state index is 13.1. The van der Waals surface area contributed by atoms with E-state index in [2.05, 4.69) is 0 Å². The summed E-state index contributed by atoms with van der Waals surface area (Å²) in [5, 5.41) is 9.59. The Labute approximate surface area is 171 Å². The summed E-state index contributed by atoms with van der Waals surface area (Å²) in [5.41, 5.74) is 2.62. The third kappa shape index (κ3) is 4.71. The Morgan fingerprint density at radius 3 is 2.13 bits per heavy atom. The molecule has 0 aliphatic rings. The third-order valence-corrected chi connectivity index (χ3v) is 4.51. The van der Waals surface area contributed by atoms with Gasteiger partial charge in [-0.3, -0.25) is 4.79 Å². The summed E-state index contributed by atoms with van der Waals surface area (Å²) in [4.78, 5) is 11.3. The normalized spacial score (nSPS) is 12.7. The lowest BCUT2D eigenvalue weighted by molar-refractivity contribution is -0.143. The van der Waals surface area contributed by atoms with Gasteiger partial charge in [0.1, 0.15) is 11.6 Å². The van der Waals surface area contributed by atoms with Gasteiger partial charge in [-0.2, -0.15) is 31.6 Å². The number of fused-ring (bicyclic) bond motifs is 1. The maximum atomic E-state index is 13.1. The molecule has 0 unspecified atom stereocenters. The lowest BCUT2D eigenvalue weighted by Gasteiger charge is -2.15. The monoisotopic (exact) mass is 437 g/mol. The van der Waals surface area contributed by atoms with E-state index in [1.807, 2.05) is 0 Å². The average molecular weight is 437 g/mol. The van der Waals surface area contributed by atoms with Gasteiger partial charge < -0.3 is 10.3 Å². The topological polar surface area (TPSA) is 71.8 Å². The van der Waals surface area contributed by atoms with Crippen molar-refractivity contribution < 1.29 is 31.1 Å². The van der Waals surface area contributed by atoms with E-state index in [1.54, 1.807) is 30.3 Å². The molecular weight excluding hydrogens is 424 g/mol. The number of nitrogens with zero attached hydrogens (tertiary/aromatic N) is 2.